The number of halogens is 2. The highest BCUT2D eigenvalue weighted by molar-refractivity contribution is 6.34. The highest BCUT2D eigenvalue weighted by Gasteiger charge is 2.08. The van der Waals surface area contributed by atoms with Gasteiger partial charge in [0.05, 0.1) is 5.02 Å². The number of carbonyl (C=O) groups excluding carboxylic acids is 2. The fourth-order valence-electron chi connectivity index (χ4n) is 1.65. The van der Waals surface area contributed by atoms with Gasteiger partial charge in [0.1, 0.15) is 5.75 Å². The zero-order valence-corrected chi connectivity index (χ0v) is 12.8. The number of nitrogens with one attached hydrogen (secondary N) is 1. The van der Waals surface area contributed by atoms with Gasteiger partial charge in [0, 0.05) is 22.3 Å². The lowest BCUT2D eigenvalue weighted by Crippen LogP contribution is -2.20. The number of anilines is 1. The number of nitrogens with two attached hydrogens (primary N) is 1. The molecule has 2 aromatic carbocycles. The molecule has 0 aliphatic rings. The van der Waals surface area contributed by atoms with E-state index in [4.69, 9.17) is 33.7 Å². The fourth-order valence-corrected chi connectivity index (χ4v) is 1.98. The van der Waals surface area contributed by atoms with Gasteiger partial charge in [0.2, 0.25) is 5.91 Å². The first-order chi connectivity index (χ1) is 10.5. The molecule has 0 unspecified atom stereocenters. The van der Waals surface area contributed by atoms with Gasteiger partial charge in [0.15, 0.2) is 6.61 Å². The molecule has 114 valence electrons. The monoisotopic (exact) mass is 338 g/mol. The molecule has 0 aliphatic carbocycles. The van der Waals surface area contributed by atoms with Crippen molar-refractivity contribution in [2.24, 2.45) is 5.73 Å². The van der Waals surface area contributed by atoms with E-state index in [1.165, 1.54) is 18.2 Å². The van der Waals surface area contributed by atoms with Gasteiger partial charge in [-0.15, -0.1) is 0 Å². The van der Waals surface area contributed by atoms with E-state index in [9.17, 15) is 9.59 Å². The lowest BCUT2D eigenvalue weighted by molar-refractivity contribution is -0.118. The number of hydrogen-bond acceptors (Lipinski definition) is 3. The number of benzene rings is 2. The van der Waals surface area contributed by atoms with Crippen molar-refractivity contribution in [3.63, 3.8) is 0 Å². The second kappa shape index (κ2) is 7.15. The van der Waals surface area contributed by atoms with Crippen LogP contribution < -0.4 is 15.8 Å². The average Bonchev–Trinajstić information content (AvgIpc) is 2.49. The maximum absolute atomic E-state index is 11.8. The lowest BCUT2D eigenvalue weighted by Gasteiger charge is -2.09. The number of ether oxygens (including phenoxy) is 1. The molecule has 2 rings (SSSR count). The summed E-state index contributed by atoms with van der Waals surface area (Å²) in [6, 6.07) is 10.9. The largest absolute Gasteiger partial charge is 0.482 e. The number of amides is 2. The van der Waals surface area contributed by atoms with Crippen molar-refractivity contribution < 1.29 is 14.3 Å². The minimum atomic E-state index is -0.531. The topological polar surface area (TPSA) is 81.4 Å². The van der Waals surface area contributed by atoms with Crippen molar-refractivity contribution in [2.45, 2.75) is 0 Å². The summed E-state index contributed by atoms with van der Waals surface area (Å²) in [6.45, 7) is -0.225. The Morgan fingerprint density at radius 1 is 1.09 bits per heavy atom. The van der Waals surface area contributed by atoms with Crippen LogP contribution in [0.3, 0.4) is 0 Å². The van der Waals surface area contributed by atoms with Gasteiger partial charge in [-0.25, -0.2) is 0 Å². The molecule has 2 aromatic rings. The van der Waals surface area contributed by atoms with Gasteiger partial charge in [-0.3, -0.25) is 9.59 Å². The summed E-state index contributed by atoms with van der Waals surface area (Å²) < 4.78 is 5.31. The SMILES string of the molecule is NC(=O)c1ccc(NC(=O)COc2cc(Cl)ccc2Cl)cc1. The minimum absolute atomic E-state index is 0.225. The van der Waals surface area contributed by atoms with E-state index in [1.807, 2.05) is 0 Å². The van der Waals surface area contributed by atoms with Crippen molar-refractivity contribution in [1.29, 1.82) is 0 Å². The fraction of sp³-hybridized carbons (Fsp3) is 0.0667. The molecular formula is C15H12Cl2N2O3. The van der Waals surface area contributed by atoms with Crippen LogP contribution in [-0.4, -0.2) is 18.4 Å². The number of rotatable bonds is 5. The highest BCUT2D eigenvalue weighted by Crippen LogP contribution is 2.27. The lowest BCUT2D eigenvalue weighted by atomic mass is 10.2. The van der Waals surface area contributed by atoms with Crippen LogP contribution in [0.4, 0.5) is 5.69 Å². The minimum Gasteiger partial charge on any atom is -0.482 e. The van der Waals surface area contributed by atoms with Crippen LogP contribution in [0.25, 0.3) is 0 Å². The molecule has 0 radical (unpaired) electrons. The van der Waals surface area contributed by atoms with Crippen molar-refractivity contribution in [2.75, 3.05) is 11.9 Å². The summed E-state index contributed by atoms with van der Waals surface area (Å²) in [4.78, 5) is 22.7. The second-order valence-electron chi connectivity index (χ2n) is 4.35. The van der Waals surface area contributed by atoms with E-state index >= 15 is 0 Å². The Balaban J connectivity index is 1.92. The first kappa shape index (κ1) is 16.1. The average molecular weight is 339 g/mol. The van der Waals surface area contributed by atoms with Crippen molar-refractivity contribution in [1.82, 2.24) is 0 Å². The predicted molar refractivity (Wildman–Crippen MR) is 85.5 cm³/mol. The molecule has 0 spiro atoms. The standard InChI is InChI=1S/C15H12Cl2N2O3/c16-10-3-6-12(17)13(7-10)22-8-14(20)19-11-4-1-9(2-5-11)15(18)21/h1-7H,8H2,(H2,18,21)(H,19,20). The molecule has 2 amide bonds. The van der Waals surface area contributed by atoms with Gasteiger partial charge < -0.3 is 15.8 Å². The molecule has 0 fully saturated rings. The van der Waals surface area contributed by atoms with E-state index < -0.39 is 5.91 Å². The Bertz CT molecular complexity index is 702. The maximum atomic E-state index is 11.8. The molecule has 0 heterocycles. The van der Waals surface area contributed by atoms with E-state index in [1.54, 1.807) is 24.3 Å². The van der Waals surface area contributed by atoms with Crippen LogP contribution in [0.2, 0.25) is 10.0 Å². The normalized spacial score (nSPS) is 10.1. The number of primary amides is 1. The Labute approximate surface area is 137 Å². The van der Waals surface area contributed by atoms with Crippen molar-refractivity contribution in [3.8, 4) is 5.75 Å². The summed E-state index contributed by atoms with van der Waals surface area (Å²) in [7, 11) is 0. The maximum Gasteiger partial charge on any atom is 0.262 e. The van der Waals surface area contributed by atoms with E-state index in [0.29, 0.717) is 27.0 Å². The van der Waals surface area contributed by atoms with E-state index in [0.717, 1.165) is 0 Å². The number of hydrogen-bond donors (Lipinski definition) is 2. The van der Waals surface area contributed by atoms with E-state index in [2.05, 4.69) is 5.32 Å². The second-order valence-corrected chi connectivity index (χ2v) is 5.20. The molecule has 3 N–H and O–H groups in total. The molecule has 0 aromatic heterocycles. The first-order valence-electron chi connectivity index (χ1n) is 6.23. The number of carbonyl (C=O) groups is 2. The van der Waals surface area contributed by atoms with Crippen LogP contribution in [0.1, 0.15) is 10.4 Å². The predicted octanol–water partition coefficient (Wildman–Crippen LogP) is 3.11. The van der Waals surface area contributed by atoms with E-state index in [-0.39, 0.29) is 12.5 Å². The highest BCUT2D eigenvalue weighted by atomic mass is 35.5. The van der Waals surface area contributed by atoms with Gasteiger partial charge in [-0.1, -0.05) is 23.2 Å². The molecular weight excluding hydrogens is 327 g/mol. The van der Waals surface area contributed by atoms with Crippen molar-refractivity contribution in [3.05, 3.63) is 58.1 Å². The van der Waals surface area contributed by atoms with Crippen molar-refractivity contribution >= 4 is 40.7 Å². The summed E-state index contributed by atoms with van der Waals surface area (Å²) in [5.74, 6) is -0.576. The Kier molecular flexibility index (Phi) is 5.25. The van der Waals surface area contributed by atoms with Crippen LogP contribution >= 0.6 is 23.2 Å². The molecule has 5 nitrogen and oxygen atoms in total. The molecule has 7 heteroatoms. The quantitative estimate of drug-likeness (QED) is 0.878. The smallest absolute Gasteiger partial charge is 0.262 e. The van der Waals surface area contributed by atoms with Gasteiger partial charge in [0.25, 0.3) is 5.91 Å². The Morgan fingerprint density at radius 2 is 1.77 bits per heavy atom. The summed E-state index contributed by atoms with van der Waals surface area (Å²) in [6.07, 6.45) is 0. The van der Waals surface area contributed by atoms with Crippen LogP contribution in [0.15, 0.2) is 42.5 Å². The Morgan fingerprint density at radius 3 is 2.41 bits per heavy atom. The molecule has 0 bridgehead atoms. The third-order valence-electron chi connectivity index (χ3n) is 2.71. The molecule has 0 saturated heterocycles. The first-order valence-corrected chi connectivity index (χ1v) is 6.99. The molecule has 0 saturated carbocycles. The van der Waals surface area contributed by atoms with Crippen LogP contribution in [0.5, 0.6) is 5.75 Å². The third-order valence-corrected chi connectivity index (χ3v) is 3.25. The van der Waals surface area contributed by atoms with Gasteiger partial charge in [-0.05, 0) is 36.4 Å². The Hall–Kier alpha value is -2.24. The summed E-state index contributed by atoms with van der Waals surface area (Å²) in [5.41, 5.74) is 6.02. The zero-order valence-electron chi connectivity index (χ0n) is 11.3. The third kappa shape index (κ3) is 4.38. The van der Waals surface area contributed by atoms with Gasteiger partial charge >= 0.3 is 0 Å². The summed E-state index contributed by atoms with van der Waals surface area (Å²) >= 11 is 11.8. The summed E-state index contributed by atoms with van der Waals surface area (Å²) in [5, 5.41) is 3.44. The molecule has 22 heavy (non-hydrogen) atoms. The van der Waals surface area contributed by atoms with Crippen LogP contribution in [0, 0.1) is 0 Å². The molecule has 0 aliphatic heterocycles. The van der Waals surface area contributed by atoms with Crippen LogP contribution in [-0.2, 0) is 4.79 Å². The molecule has 0 atom stereocenters. The zero-order chi connectivity index (χ0) is 16.1. The van der Waals surface area contributed by atoms with Gasteiger partial charge in [-0.2, -0.15) is 0 Å².